The fraction of sp³-hybridized carbons (Fsp3) is 0.611. The molecule has 1 aromatic rings. The number of nitrogens with zero attached hydrogens (tertiary/aromatic N) is 2. The smallest absolute Gasteiger partial charge is 0.319 e. The molecule has 1 aromatic carbocycles. The van der Waals surface area contributed by atoms with Crippen molar-refractivity contribution in [3.05, 3.63) is 24.3 Å². The molecule has 1 heterocycles. The summed E-state index contributed by atoms with van der Waals surface area (Å²) in [7, 11) is 1.75. The Morgan fingerprint density at radius 3 is 2.46 bits per heavy atom. The Morgan fingerprint density at radius 1 is 1.21 bits per heavy atom. The van der Waals surface area contributed by atoms with Crippen LogP contribution in [0.4, 0.5) is 16.2 Å². The molecule has 0 bridgehead atoms. The summed E-state index contributed by atoms with van der Waals surface area (Å²) in [5.74, 6) is 0. The Balaban J connectivity index is 1.81. The van der Waals surface area contributed by atoms with Crippen LogP contribution in [0.2, 0.25) is 0 Å². The second-order valence-corrected chi connectivity index (χ2v) is 6.28. The molecule has 0 aliphatic carbocycles. The predicted molar refractivity (Wildman–Crippen MR) is 98.9 cm³/mol. The third kappa shape index (κ3) is 5.69. The van der Waals surface area contributed by atoms with Crippen LogP contribution in [0, 0.1) is 0 Å². The number of methoxy groups -OCH3 is 1. The van der Waals surface area contributed by atoms with Crippen molar-refractivity contribution in [1.82, 2.24) is 10.2 Å². The number of urea groups is 1. The van der Waals surface area contributed by atoms with E-state index >= 15 is 0 Å². The van der Waals surface area contributed by atoms with Crippen LogP contribution in [0.5, 0.6) is 0 Å². The molecule has 2 rings (SSSR count). The van der Waals surface area contributed by atoms with E-state index in [1.165, 1.54) is 5.69 Å². The monoisotopic (exact) mass is 334 g/mol. The number of nitrogens with one attached hydrogen (secondary N) is 2. The van der Waals surface area contributed by atoms with Gasteiger partial charge in [-0.25, -0.2) is 4.79 Å². The molecule has 1 saturated heterocycles. The van der Waals surface area contributed by atoms with Crippen LogP contribution in [0.1, 0.15) is 20.3 Å². The highest BCUT2D eigenvalue weighted by Crippen LogP contribution is 2.19. The maximum Gasteiger partial charge on any atom is 0.319 e. The summed E-state index contributed by atoms with van der Waals surface area (Å²) in [6.45, 7) is 9.98. The van der Waals surface area contributed by atoms with E-state index in [0.29, 0.717) is 0 Å². The number of ether oxygens (including phenoxy) is 1. The SMILES string of the molecule is CCC(C)NC(=O)Nc1ccc(N2CCN(CCOC)CC2)cc1. The predicted octanol–water partition coefficient (Wildman–Crippen LogP) is 2.38. The number of hydrogen-bond acceptors (Lipinski definition) is 4. The van der Waals surface area contributed by atoms with Crippen molar-refractivity contribution in [3.63, 3.8) is 0 Å². The maximum absolute atomic E-state index is 11.8. The summed E-state index contributed by atoms with van der Waals surface area (Å²) in [6, 6.07) is 8.10. The lowest BCUT2D eigenvalue weighted by molar-refractivity contribution is 0.144. The second kappa shape index (κ2) is 9.49. The normalized spacial score (nSPS) is 16.7. The van der Waals surface area contributed by atoms with Crippen LogP contribution in [0.15, 0.2) is 24.3 Å². The van der Waals surface area contributed by atoms with Gasteiger partial charge in [-0.2, -0.15) is 0 Å². The van der Waals surface area contributed by atoms with E-state index in [-0.39, 0.29) is 12.1 Å². The number of amides is 2. The molecule has 1 unspecified atom stereocenters. The van der Waals surface area contributed by atoms with E-state index in [0.717, 1.165) is 51.4 Å². The minimum absolute atomic E-state index is 0.149. The van der Waals surface area contributed by atoms with Crippen molar-refractivity contribution in [2.75, 3.05) is 56.7 Å². The Labute approximate surface area is 145 Å². The van der Waals surface area contributed by atoms with Gasteiger partial charge in [0.2, 0.25) is 0 Å². The first-order chi connectivity index (χ1) is 11.6. The number of carbonyl (C=O) groups excluding carboxylic acids is 1. The standard InChI is InChI=1S/C18H30N4O2/c1-4-15(2)19-18(23)20-16-5-7-17(8-6-16)22-11-9-21(10-12-22)13-14-24-3/h5-8,15H,4,9-14H2,1-3H3,(H2,19,20,23). The van der Waals surface area contributed by atoms with Crippen LogP contribution < -0.4 is 15.5 Å². The topological polar surface area (TPSA) is 56.8 Å². The molecular weight excluding hydrogens is 304 g/mol. The average Bonchev–Trinajstić information content (AvgIpc) is 2.61. The van der Waals surface area contributed by atoms with E-state index in [1.807, 2.05) is 19.1 Å². The Hall–Kier alpha value is -1.79. The van der Waals surface area contributed by atoms with E-state index in [9.17, 15) is 4.79 Å². The largest absolute Gasteiger partial charge is 0.383 e. The van der Waals surface area contributed by atoms with Gasteiger partial charge in [0, 0.05) is 57.3 Å². The van der Waals surface area contributed by atoms with Crippen LogP contribution in [-0.2, 0) is 4.74 Å². The molecule has 134 valence electrons. The van der Waals surface area contributed by atoms with Crippen LogP contribution in [0.25, 0.3) is 0 Å². The third-order valence-electron chi connectivity index (χ3n) is 4.46. The van der Waals surface area contributed by atoms with Gasteiger partial charge >= 0.3 is 6.03 Å². The summed E-state index contributed by atoms with van der Waals surface area (Å²) in [5, 5.41) is 5.78. The number of benzene rings is 1. The number of piperazine rings is 1. The van der Waals surface area contributed by atoms with E-state index in [4.69, 9.17) is 4.74 Å². The van der Waals surface area contributed by atoms with Gasteiger partial charge in [-0.15, -0.1) is 0 Å². The molecule has 1 aliphatic rings. The zero-order valence-corrected chi connectivity index (χ0v) is 15.0. The van der Waals surface area contributed by atoms with Crippen LogP contribution in [-0.4, -0.2) is 63.4 Å². The summed E-state index contributed by atoms with van der Waals surface area (Å²) in [4.78, 5) is 16.6. The number of hydrogen-bond donors (Lipinski definition) is 2. The number of anilines is 2. The molecule has 0 radical (unpaired) electrons. The number of rotatable bonds is 7. The molecular formula is C18H30N4O2. The second-order valence-electron chi connectivity index (χ2n) is 6.28. The molecule has 24 heavy (non-hydrogen) atoms. The summed E-state index contributed by atoms with van der Waals surface area (Å²) in [6.07, 6.45) is 0.919. The highest BCUT2D eigenvalue weighted by Gasteiger charge is 2.16. The lowest BCUT2D eigenvalue weighted by atomic mass is 10.2. The van der Waals surface area contributed by atoms with Crippen molar-refractivity contribution in [2.45, 2.75) is 26.3 Å². The van der Waals surface area contributed by atoms with Gasteiger partial charge in [-0.3, -0.25) is 4.90 Å². The lowest BCUT2D eigenvalue weighted by Crippen LogP contribution is -2.47. The zero-order chi connectivity index (χ0) is 17.4. The molecule has 0 aromatic heterocycles. The first-order valence-electron chi connectivity index (χ1n) is 8.76. The van der Waals surface area contributed by atoms with Gasteiger partial charge in [-0.1, -0.05) is 6.92 Å². The molecule has 1 atom stereocenters. The van der Waals surface area contributed by atoms with E-state index in [1.54, 1.807) is 7.11 Å². The summed E-state index contributed by atoms with van der Waals surface area (Å²) >= 11 is 0. The van der Waals surface area contributed by atoms with Gasteiger partial charge in [-0.05, 0) is 37.6 Å². The van der Waals surface area contributed by atoms with Crippen molar-refractivity contribution >= 4 is 17.4 Å². The summed E-state index contributed by atoms with van der Waals surface area (Å²) < 4.78 is 5.14. The van der Waals surface area contributed by atoms with Gasteiger partial charge in [0.15, 0.2) is 0 Å². The fourth-order valence-electron chi connectivity index (χ4n) is 2.70. The summed E-state index contributed by atoms with van der Waals surface area (Å²) in [5.41, 5.74) is 2.02. The highest BCUT2D eigenvalue weighted by molar-refractivity contribution is 5.89. The molecule has 2 N–H and O–H groups in total. The molecule has 0 saturated carbocycles. The zero-order valence-electron chi connectivity index (χ0n) is 15.0. The van der Waals surface area contributed by atoms with Crippen molar-refractivity contribution in [3.8, 4) is 0 Å². The van der Waals surface area contributed by atoms with Gasteiger partial charge in [0.25, 0.3) is 0 Å². The van der Waals surface area contributed by atoms with Crippen LogP contribution >= 0.6 is 0 Å². The molecule has 2 amide bonds. The number of carbonyl (C=O) groups is 1. The highest BCUT2D eigenvalue weighted by atomic mass is 16.5. The van der Waals surface area contributed by atoms with Gasteiger partial charge in [0.05, 0.1) is 6.61 Å². The van der Waals surface area contributed by atoms with Crippen molar-refractivity contribution in [2.24, 2.45) is 0 Å². The average molecular weight is 334 g/mol. The maximum atomic E-state index is 11.8. The molecule has 1 aliphatic heterocycles. The molecule has 6 nitrogen and oxygen atoms in total. The first-order valence-corrected chi connectivity index (χ1v) is 8.76. The van der Waals surface area contributed by atoms with Gasteiger partial charge in [0.1, 0.15) is 0 Å². The van der Waals surface area contributed by atoms with E-state index in [2.05, 4.69) is 39.5 Å². The first kappa shape index (κ1) is 18.5. The van der Waals surface area contributed by atoms with Crippen molar-refractivity contribution in [1.29, 1.82) is 0 Å². The molecule has 0 spiro atoms. The van der Waals surface area contributed by atoms with E-state index < -0.39 is 0 Å². The molecule has 1 fully saturated rings. The minimum atomic E-state index is -0.149. The fourth-order valence-corrected chi connectivity index (χ4v) is 2.70. The Morgan fingerprint density at radius 2 is 1.88 bits per heavy atom. The Kier molecular flexibility index (Phi) is 7.34. The minimum Gasteiger partial charge on any atom is -0.383 e. The van der Waals surface area contributed by atoms with Gasteiger partial charge < -0.3 is 20.3 Å². The molecule has 6 heteroatoms. The van der Waals surface area contributed by atoms with Crippen molar-refractivity contribution < 1.29 is 9.53 Å². The third-order valence-corrected chi connectivity index (χ3v) is 4.46. The van der Waals surface area contributed by atoms with Crippen LogP contribution in [0.3, 0.4) is 0 Å². The lowest BCUT2D eigenvalue weighted by Gasteiger charge is -2.36. The Bertz CT molecular complexity index is 498. The quantitative estimate of drug-likeness (QED) is 0.804.